The van der Waals surface area contributed by atoms with Crippen LogP contribution in [0.1, 0.15) is 0 Å². The number of nitrogens with zero attached hydrogens (tertiary/aromatic N) is 2. The lowest BCUT2D eigenvalue weighted by molar-refractivity contribution is 0.647. The Labute approximate surface area is 126 Å². The van der Waals surface area contributed by atoms with Crippen LogP contribution in [0.3, 0.4) is 0 Å². The number of hydrogen-bond acceptors (Lipinski definition) is 6. The molecule has 0 spiro atoms. The first kappa shape index (κ1) is 19.5. The Morgan fingerprint density at radius 1 is 0.750 bits per heavy atom. The molecule has 96 valence electrons. The lowest BCUT2D eigenvalue weighted by atomic mass is 11.0. The first-order chi connectivity index (χ1) is 7.36. The molecule has 0 aromatic heterocycles. The van der Waals surface area contributed by atoms with Gasteiger partial charge in [0.05, 0.1) is 0 Å². The molecule has 0 fully saturated rings. The fourth-order valence-electron chi connectivity index (χ4n) is 0.220. The second-order valence-corrected chi connectivity index (χ2v) is 8.88. The molecule has 0 aromatic carbocycles. The van der Waals surface area contributed by atoms with E-state index in [-0.39, 0.29) is 0 Å². The van der Waals surface area contributed by atoms with Crippen LogP contribution in [0.4, 0.5) is 0 Å². The Morgan fingerprint density at radius 2 is 1.00 bits per heavy atom. The zero-order valence-corrected chi connectivity index (χ0v) is 15.2. The fraction of sp³-hybridized carbons (Fsp3) is 0.750. The van der Waals surface area contributed by atoms with Gasteiger partial charge in [0.1, 0.15) is 8.64 Å². The molecule has 0 aliphatic heterocycles. The van der Waals surface area contributed by atoms with E-state index < -0.39 is 0 Å². The van der Waals surface area contributed by atoms with Crippen LogP contribution in [-0.4, -0.2) is 59.1 Å². The van der Waals surface area contributed by atoms with E-state index in [0.29, 0.717) is 0 Å². The number of thiocarbonyl (C=S) groups is 2. The van der Waals surface area contributed by atoms with Gasteiger partial charge in [-0.05, 0) is 34.1 Å². The summed E-state index contributed by atoms with van der Waals surface area (Å²) in [6.07, 6.45) is 4.12. The summed E-state index contributed by atoms with van der Waals surface area (Å²) in [7, 11) is 14.3. The van der Waals surface area contributed by atoms with E-state index in [1.165, 1.54) is 21.6 Å². The summed E-state index contributed by atoms with van der Waals surface area (Å²) >= 11 is 10.1. The van der Waals surface area contributed by atoms with Crippen molar-refractivity contribution < 1.29 is 0 Å². The molecule has 0 bridgehead atoms. The lowest BCUT2D eigenvalue weighted by Crippen LogP contribution is -2.18. The first-order valence-corrected chi connectivity index (χ1v) is 10.1. The Kier molecular flexibility index (Phi) is 15.4. The molecule has 0 saturated heterocycles. The third-order valence-corrected chi connectivity index (χ3v) is 6.57. The molecule has 0 saturated carbocycles. The Bertz CT molecular complexity index is 185. The van der Waals surface area contributed by atoms with Gasteiger partial charge in [0.2, 0.25) is 0 Å². The van der Waals surface area contributed by atoms with Crippen molar-refractivity contribution in [3.05, 3.63) is 0 Å². The van der Waals surface area contributed by atoms with Crippen molar-refractivity contribution in [2.24, 2.45) is 0 Å². The van der Waals surface area contributed by atoms with E-state index in [4.69, 9.17) is 24.4 Å². The molecule has 0 rings (SSSR count). The lowest BCUT2D eigenvalue weighted by Gasteiger charge is -2.15. The van der Waals surface area contributed by atoms with Crippen LogP contribution >= 0.6 is 67.6 Å². The smallest absolute Gasteiger partial charge is 0.146 e. The number of hydrogen-bond donors (Lipinski definition) is 0. The topological polar surface area (TPSA) is 6.48 Å². The molecule has 0 atom stereocenters. The minimum Gasteiger partial charge on any atom is -0.363 e. The van der Waals surface area contributed by atoms with Gasteiger partial charge in [-0.2, -0.15) is 0 Å². The van der Waals surface area contributed by atoms with E-state index in [1.807, 2.05) is 38.0 Å². The van der Waals surface area contributed by atoms with E-state index >= 15 is 0 Å². The summed E-state index contributed by atoms with van der Waals surface area (Å²) < 4.78 is 1.67. The van der Waals surface area contributed by atoms with Gasteiger partial charge < -0.3 is 9.80 Å². The molecule has 0 amide bonds. The normalized spacial score (nSPS) is 8.88. The van der Waals surface area contributed by atoms with Crippen molar-refractivity contribution in [2.45, 2.75) is 0 Å². The molecule has 0 unspecified atom stereocenters. The van der Waals surface area contributed by atoms with E-state index in [1.54, 1.807) is 21.6 Å². The highest BCUT2D eigenvalue weighted by Crippen LogP contribution is 2.26. The van der Waals surface area contributed by atoms with Gasteiger partial charge in [-0.25, -0.2) is 0 Å². The predicted octanol–water partition coefficient (Wildman–Crippen LogP) is 3.69. The van der Waals surface area contributed by atoms with Gasteiger partial charge in [0.15, 0.2) is 0 Å². The van der Waals surface area contributed by atoms with Crippen LogP contribution in [0.25, 0.3) is 0 Å². The largest absolute Gasteiger partial charge is 0.363 e. The molecule has 0 radical (unpaired) electrons. The summed E-state index contributed by atoms with van der Waals surface area (Å²) in [5.41, 5.74) is 0. The molecule has 8 heteroatoms. The number of rotatable bonds is 1. The Balaban J connectivity index is 0. The maximum atomic E-state index is 5.07. The van der Waals surface area contributed by atoms with Crippen LogP contribution in [0.15, 0.2) is 0 Å². The summed E-state index contributed by atoms with van der Waals surface area (Å²) in [5.74, 6) is 0. The maximum absolute atomic E-state index is 5.07. The van der Waals surface area contributed by atoms with Gasteiger partial charge in [-0.15, -0.1) is 0 Å². The van der Waals surface area contributed by atoms with Crippen LogP contribution in [-0.2, 0) is 0 Å². The fourth-order valence-corrected chi connectivity index (χ4v) is 2.60. The van der Waals surface area contributed by atoms with Crippen LogP contribution in [0.2, 0.25) is 0 Å². The third-order valence-electron chi connectivity index (χ3n) is 1.08. The third kappa shape index (κ3) is 13.2. The first-order valence-electron chi connectivity index (χ1n) is 4.20. The van der Waals surface area contributed by atoms with Gasteiger partial charge in [-0.1, -0.05) is 46.0 Å². The average molecular weight is 335 g/mol. The highest BCUT2D eigenvalue weighted by atomic mass is 33.1. The monoisotopic (exact) mass is 334 g/mol. The minimum atomic E-state index is 0.837. The SMILES string of the molecule is CN(C)C(=S)SSC(=S)N(C)C.CSSC. The van der Waals surface area contributed by atoms with Crippen molar-refractivity contribution in [3.8, 4) is 0 Å². The molecule has 0 aliphatic carbocycles. The van der Waals surface area contributed by atoms with Crippen molar-refractivity contribution in [3.63, 3.8) is 0 Å². The second kappa shape index (κ2) is 12.6. The van der Waals surface area contributed by atoms with E-state index in [0.717, 1.165) is 8.64 Å². The zero-order valence-electron chi connectivity index (χ0n) is 10.3. The highest BCUT2D eigenvalue weighted by molar-refractivity contribution is 8.89. The summed E-state index contributed by atoms with van der Waals surface area (Å²) in [4.78, 5) is 3.79. The van der Waals surface area contributed by atoms with E-state index in [9.17, 15) is 0 Å². The van der Waals surface area contributed by atoms with Crippen molar-refractivity contribution in [2.75, 3.05) is 40.7 Å². The second-order valence-electron chi connectivity index (χ2n) is 2.82. The Hall–Kier alpha value is 1.18. The van der Waals surface area contributed by atoms with Crippen LogP contribution < -0.4 is 0 Å². The van der Waals surface area contributed by atoms with Gasteiger partial charge >= 0.3 is 0 Å². The zero-order chi connectivity index (χ0) is 13.1. The Morgan fingerprint density at radius 3 is 1.12 bits per heavy atom. The summed E-state index contributed by atoms with van der Waals surface area (Å²) in [6, 6.07) is 0. The van der Waals surface area contributed by atoms with Crippen molar-refractivity contribution >= 4 is 76.3 Å². The standard InChI is InChI=1S/C6H12N2S4.C2H6S2/c1-7(2)5(9)11-12-6(10)8(3)4;1-3-4-2/h1-4H3;1-2H3. The molecular weight excluding hydrogens is 317 g/mol. The molecule has 2 nitrogen and oxygen atoms in total. The maximum Gasteiger partial charge on any atom is 0.146 e. The molecule has 0 N–H and O–H groups in total. The van der Waals surface area contributed by atoms with E-state index in [2.05, 4.69) is 12.5 Å². The van der Waals surface area contributed by atoms with Crippen LogP contribution in [0, 0.1) is 0 Å². The van der Waals surface area contributed by atoms with Crippen molar-refractivity contribution in [1.82, 2.24) is 9.80 Å². The molecule has 0 aliphatic rings. The van der Waals surface area contributed by atoms with Crippen LogP contribution in [0.5, 0.6) is 0 Å². The average Bonchev–Trinajstić information content (AvgIpc) is 2.25. The quantitative estimate of drug-likeness (QED) is 0.522. The predicted molar refractivity (Wildman–Crippen MR) is 94.8 cm³/mol. The van der Waals surface area contributed by atoms with Gasteiger partial charge in [0.25, 0.3) is 0 Å². The summed E-state index contributed by atoms with van der Waals surface area (Å²) in [5, 5.41) is 0. The molecule has 16 heavy (non-hydrogen) atoms. The molecule has 0 aromatic rings. The van der Waals surface area contributed by atoms with Gasteiger partial charge in [0, 0.05) is 28.2 Å². The molecular formula is C8H18N2S6. The summed E-state index contributed by atoms with van der Waals surface area (Å²) in [6.45, 7) is 0. The molecule has 0 heterocycles. The minimum absolute atomic E-state index is 0.837. The van der Waals surface area contributed by atoms with Gasteiger partial charge in [-0.3, -0.25) is 0 Å². The highest BCUT2D eigenvalue weighted by Gasteiger charge is 2.04. The van der Waals surface area contributed by atoms with Crippen molar-refractivity contribution in [1.29, 1.82) is 0 Å².